The highest BCUT2D eigenvalue weighted by molar-refractivity contribution is 5.75. The number of nitrogens with zero attached hydrogens (tertiary/aromatic N) is 3. The van der Waals surface area contributed by atoms with E-state index in [0.29, 0.717) is 6.54 Å². The van der Waals surface area contributed by atoms with E-state index in [4.69, 9.17) is 0 Å². The van der Waals surface area contributed by atoms with E-state index >= 15 is 0 Å². The van der Waals surface area contributed by atoms with Crippen molar-refractivity contribution in [2.45, 2.75) is 32.7 Å². The summed E-state index contributed by atoms with van der Waals surface area (Å²) in [6.45, 7) is 4.63. The van der Waals surface area contributed by atoms with E-state index in [2.05, 4.69) is 22.2 Å². The van der Waals surface area contributed by atoms with Crippen LogP contribution in [0.4, 0.5) is 5.82 Å². The van der Waals surface area contributed by atoms with E-state index in [1.54, 1.807) is 6.07 Å². The second kappa shape index (κ2) is 8.65. The van der Waals surface area contributed by atoms with Crippen molar-refractivity contribution in [2.24, 2.45) is 5.92 Å². The van der Waals surface area contributed by atoms with Gasteiger partial charge >= 0.3 is 0 Å². The number of amides is 1. The summed E-state index contributed by atoms with van der Waals surface area (Å²) in [5, 5.41) is 7.26. The monoisotopic (exact) mass is 354 g/mol. The first-order valence-electron chi connectivity index (χ1n) is 9.25. The fraction of sp³-hybridized carbons (Fsp3) is 0.450. The Labute approximate surface area is 153 Å². The molecule has 1 fully saturated rings. The van der Waals surface area contributed by atoms with Crippen LogP contribution >= 0.6 is 0 Å². The van der Waals surface area contributed by atoms with Crippen molar-refractivity contribution in [3.8, 4) is 0 Å². The van der Waals surface area contributed by atoms with Crippen LogP contribution in [0.2, 0.25) is 0 Å². The summed E-state index contributed by atoms with van der Waals surface area (Å²) in [6, 6.07) is 13.2. The van der Waals surface area contributed by atoms with Crippen LogP contribution in [0.3, 0.4) is 0 Å². The predicted molar refractivity (Wildman–Crippen MR) is 102 cm³/mol. The van der Waals surface area contributed by atoms with E-state index in [1.165, 1.54) is 16.3 Å². The molecule has 6 heteroatoms. The molecule has 1 amide bonds. The predicted octanol–water partition coefficient (Wildman–Crippen LogP) is 1.84. The van der Waals surface area contributed by atoms with Crippen molar-refractivity contribution < 1.29 is 4.79 Å². The SMILES string of the molecule is CC1CCN(c2ccc(=O)n(CC(=O)NCCc3ccccc3)n2)CC1. The molecular weight excluding hydrogens is 328 g/mol. The first-order chi connectivity index (χ1) is 12.6. The Balaban J connectivity index is 1.55. The molecule has 26 heavy (non-hydrogen) atoms. The lowest BCUT2D eigenvalue weighted by molar-refractivity contribution is -0.121. The molecule has 0 spiro atoms. The zero-order valence-electron chi connectivity index (χ0n) is 15.2. The topological polar surface area (TPSA) is 67.2 Å². The standard InChI is InChI=1S/C20H26N4O2/c1-16-10-13-23(14-11-16)18-7-8-20(26)24(22-18)15-19(25)21-12-9-17-5-3-2-4-6-17/h2-8,16H,9-15H2,1H3,(H,21,25). The first-order valence-corrected chi connectivity index (χ1v) is 9.25. The highest BCUT2D eigenvalue weighted by atomic mass is 16.2. The van der Waals surface area contributed by atoms with Gasteiger partial charge in [-0.2, -0.15) is 5.10 Å². The maximum atomic E-state index is 12.2. The van der Waals surface area contributed by atoms with Crippen LogP contribution in [0.15, 0.2) is 47.3 Å². The second-order valence-corrected chi connectivity index (χ2v) is 6.94. The van der Waals surface area contributed by atoms with Gasteiger partial charge in [0.05, 0.1) is 0 Å². The summed E-state index contributed by atoms with van der Waals surface area (Å²) in [4.78, 5) is 26.4. The average Bonchev–Trinajstić information content (AvgIpc) is 2.65. The number of nitrogens with one attached hydrogen (secondary N) is 1. The van der Waals surface area contributed by atoms with Crippen molar-refractivity contribution in [3.05, 3.63) is 58.4 Å². The fourth-order valence-corrected chi connectivity index (χ4v) is 3.14. The molecule has 0 bridgehead atoms. The van der Waals surface area contributed by atoms with Gasteiger partial charge in [-0.1, -0.05) is 37.3 Å². The minimum absolute atomic E-state index is 0.0499. The molecule has 1 N–H and O–H groups in total. The summed E-state index contributed by atoms with van der Waals surface area (Å²) in [6.07, 6.45) is 3.02. The Bertz CT molecular complexity index is 780. The molecule has 138 valence electrons. The number of anilines is 1. The average molecular weight is 354 g/mol. The summed E-state index contributed by atoms with van der Waals surface area (Å²) >= 11 is 0. The molecule has 2 aromatic rings. The normalized spacial score (nSPS) is 15.0. The van der Waals surface area contributed by atoms with Crippen molar-refractivity contribution in [1.29, 1.82) is 0 Å². The number of benzene rings is 1. The number of aromatic nitrogens is 2. The summed E-state index contributed by atoms with van der Waals surface area (Å²) in [5.41, 5.74) is 0.918. The fourth-order valence-electron chi connectivity index (χ4n) is 3.14. The Morgan fingerprint density at radius 3 is 2.62 bits per heavy atom. The van der Waals surface area contributed by atoms with Gasteiger partial charge in [0, 0.05) is 25.7 Å². The van der Waals surface area contributed by atoms with E-state index in [9.17, 15) is 9.59 Å². The zero-order valence-corrected chi connectivity index (χ0v) is 15.2. The molecule has 0 radical (unpaired) electrons. The van der Waals surface area contributed by atoms with Crippen LogP contribution < -0.4 is 15.8 Å². The van der Waals surface area contributed by atoms with Gasteiger partial charge in [0.15, 0.2) is 0 Å². The molecule has 0 atom stereocenters. The van der Waals surface area contributed by atoms with E-state index in [-0.39, 0.29) is 18.0 Å². The summed E-state index contributed by atoms with van der Waals surface area (Å²) in [7, 11) is 0. The van der Waals surface area contributed by atoms with Crippen molar-refractivity contribution >= 4 is 11.7 Å². The number of carbonyl (C=O) groups is 1. The third-order valence-electron chi connectivity index (χ3n) is 4.83. The third-order valence-corrected chi connectivity index (χ3v) is 4.83. The quantitative estimate of drug-likeness (QED) is 0.860. The van der Waals surface area contributed by atoms with Gasteiger partial charge < -0.3 is 10.2 Å². The molecule has 1 aliphatic rings. The van der Waals surface area contributed by atoms with Gasteiger partial charge in [-0.15, -0.1) is 0 Å². The molecular formula is C20H26N4O2. The molecule has 1 aromatic carbocycles. The number of piperidine rings is 1. The maximum Gasteiger partial charge on any atom is 0.267 e. The molecule has 6 nitrogen and oxygen atoms in total. The molecule has 1 aliphatic heterocycles. The molecule has 0 saturated carbocycles. The Kier molecular flexibility index (Phi) is 6.04. The lowest BCUT2D eigenvalue weighted by Gasteiger charge is -2.31. The minimum atomic E-state index is -0.252. The van der Waals surface area contributed by atoms with E-state index in [0.717, 1.165) is 44.1 Å². The number of hydrogen-bond acceptors (Lipinski definition) is 4. The number of rotatable bonds is 6. The van der Waals surface area contributed by atoms with E-state index in [1.807, 2.05) is 30.3 Å². The number of hydrogen-bond donors (Lipinski definition) is 1. The van der Waals surface area contributed by atoms with Crippen LogP contribution in [0.5, 0.6) is 0 Å². The Morgan fingerprint density at radius 1 is 1.15 bits per heavy atom. The van der Waals surface area contributed by atoms with Gasteiger partial charge in [0.1, 0.15) is 12.4 Å². The molecule has 0 aliphatic carbocycles. The van der Waals surface area contributed by atoms with E-state index < -0.39 is 0 Å². The van der Waals surface area contributed by atoms with Crippen molar-refractivity contribution in [2.75, 3.05) is 24.5 Å². The minimum Gasteiger partial charge on any atom is -0.355 e. The third kappa shape index (κ3) is 4.94. The van der Waals surface area contributed by atoms with Gasteiger partial charge in [0.25, 0.3) is 5.56 Å². The molecule has 3 rings (SSSR count). The van der Waals surface area contributed by atoms with Crippen LogP contribution in [-0.2, 0) is 17.8 Å². The van der Waals surface area contributed by atoms with Crippen LogP contribution in [0, 0.1) is 5.92 Å². The van der Waals surface area contributed by atoms with Gasteiger partial charge in [-0.05, 0) is 36.8 Å². The van der Waals surface area contributed by atoms with Gasteiger partial charge in [-0.3, -0.25) is 9.59 Å². The highest BCUT2D eigenvalue weighted by Gasteiger charge is 2.18. The summed E-state index contributed by atoms with van der Waals surface area (Å²) in [5.74, 6) is 1.31. The molecule has 2 heterocycles. The largest absolute Gasteiger partial charge is 0.355 e. The highest BCUT2D eigenvalue weighted by Crippen LogP contribution is 2.20. The molecule has 0 unspecified atom stereocenters. The maximum absolute atomic E-state index is 12.2. The first kappa shape index (κ1) is 18.2. The van der Waals surface area contributed by atoms with Crippen LogP contribution in [0.1, 0.15) is 25.3 Å². The smallest absolute Gasteiger partial charge is 0.267 e. The van der Waals surface area contributed by atoms with Crippen LogP contribution in [0.25, 0.3) is 0 Å². The lowest BCUT2D eigenvalue weighted by atomic mass is 9.99. The molecule has 1 saturated heterocycles. The summed E-state index contributed by atoms with van der Waals surface area (Å²) < 4.78 is 1.26. The lowest BCUT2D eigenvalue weighted by Crippen LogP contribution is -2.37. The Morgan fingerprint density at radius 2 is 1.88 bits per heavy atom. The van der Waals surface area contributed by atoms with Crippen molar-refractivity contribution in [1.82, 2.24) is 15.1 Å². The second-order valence-electron chi connectivity index (χ2n) is 6.94. The van der Waals surface area contributed by atoms with Crippen molar-refractivity contribution in [3.63, 3.8) is 0 Å². The van der Waals surface area contributed by atoms with Gasteiger partial charge in [0.2, 0.25) is 5.91 Å². The Hall–Kier alpha value is -2.63. The zero-order chi connectivity index (χ0) is 18.4. The molecule has 1 aromatic heterocycles. The number of carbonyl (C=O) groups excluding carboxylic acids is 1. The van der Waals surface area contributed by atoms with Gasteiger partial charge in [-0.25, -0.2) is 4.68 Å². The van der Waals surface area contributed by atoms with Crippen LogP contribution in [-0.4, -0.2) is 35.3 Å².